The summed E-state index contributed by atoms with van der Waals surface area (Å²) in [5.74, 6) is 1.01. The third-order valence-electron chi connectivity index (χ3n) is 1.68. The fraction of sp³-hybridized carbons (Fsp3) is 0.750. The molecule has 6 heteroatoms. The van der Waals surface area contributed by atoms with Crippen LogP contribution in [0.4, 0.5) is 0 Å². The highest BCUT2D eigenvalue weighted by atomic mass is 16.5. The normalized spacial score (nSPS) is 13.1. The summed E-state index contributed by atoms with van der Waals surface area (Å²) in [5.41, 5.74) is 5.71. The molecule has 0 aromatic carbocycles. The molecule has 6 nitrogen and oxygen atoms in total. The van der Waals surface area contributed by atoms with Crippen LogP contribution >= 0.6 is 0 Å². The Morgan fingerprint density at radius 3 is 2.86 bits per heavy atom. The van der Waals surface area contributed by atoms with Gasteiger partial charge in [-0.2, -0.15) is 4.98 Å². The quantitative estimate of drug-likeness (QED) is 0.692. The lowest BCUT2D eigenvalue weighted by atomic mass is 10.3. The number of hydrogen-bond acceptors (Lipinski definition) is 6. The summed E-state index contributed by atoms with van der Waals surface area (Å²) < 4.78 is 14.7. The third-order valence-corrected chi connectivity index (χ3v) is 1.68. The minimum atomic E-state index is -0.333. The maximum absolute atomic E-state index is 5.71. The van der Waals surface area contributed by atoms with E-state index >= 15 is 0 Å². The molecular formula is C8H15N3O3. The molecule has 80 valence electrons. The van der Waals surface area contributed by atoms with E-state index in [0.717, 1.165) is 0 Å². The number of ether oxygens (including phenoxy) is 2. The van der Waals surface area contributed by atoms with E-state index in [-0.39, 0.29) is 6.04 Å². The number of methoxy groups -OCH3 is 2. The van der Waals surface area contributed by atoms with Crippen LogP contribution in [0.5, 0.6) is 0 Å². The maximum atomic E-state index is 5.71. The molecule has 0 saturated heterocycles. The molecule has 0 bridgehead atoms. The minimum Gasteiger partial charge on any atom is -0.384 e. The molecule has 1 aromatic heterocycles. The second-order valence-corrected chi connectivity index (χ2v) is 2.85. The van der Waals surface area contributed by atoms with Crippen molar-refractivity contribution in [3.8, 4) is 0 Å². The van der Waals surface area contributed by atoms with E-state index in [1.54, 1.807) is 14.2 Å². The summed E-state index contributed by atoms with van der Waals surface area (Å²) in [7, 11) is 3.19. The Kier molecular flexibility index (Phi) is 4.51. The van der Waals surface area contributed by atoms with Gasteiger partial charge in [-0.3, -0.25) is 0 Å². The van der Waals surface area contributed by atoms with Crippen molar-refractivity contribution < 1.29 is 14.0 Å². The topological polar surface area (TPSA) is 83.4 Å². The van der Waals surface area contributed by atoms with Crippen LogP contribution in [0.2, 0.25) is 0 Å². The van der Waals surface area contributed by atoms with Crippen molar-refractivity contribution in [2.45, 2.75) is 12.5 Å². The van der Waals surface area contributed by atoms with Crippen molar-refractivity contribution >= 4 is 0 Å². The third kappa shape index (κ3) is 3.06. The molecule has 1 atom stereocenters. The van der Waals surface area contributed by atoms with Crippen LogP contribution < -0.4 is 5.73 Å². The van der Waals surface area contributed by atoms with Gasteiger partial charge in [0.05, 0.1) is 25.7 Å². The highest BCUT2D eigenvalue weighted by Gasteiger charge is 2.13. The number of rotatable bonds is 6. The zero-order valence-electron chi connectivity index (χ0n) is 8.40. The molecule has 2 N–H and O–H groups in total. The molecule has 1 heterocycles. The standard InChI is InChI=1S/C8H15N3O3/c1-12-4-3-7-10-8(11-14-7)6(9)5-13-2/h6H,3-5,9H2,1-2H3. The van der Waals surface area contributed by atoms with Gasteiger partial charge in [0.2, 0.25) is 5.89 Å². The summed E-state index contributed by atoms with van der Waals surface area (Å²) in [6, 6.07) is -0.333. The summed E-state index contributed by atoms with van der Waals surface area (Å²) >= 11 is 0. The van der Waals surface area contributed by atoms with Crippen LogP contribution in [0, 0.1) is 0 Å². The van der Waals surface area contributed by atoms with Crippen molar-refractivity contribution in [2.24, 2.45) is 5.73 Å². The average molecular weight is 201 g/mol. The first-order chi connectivity index (χ1) is 6.77. The molecule has 0 aliphatic carbocycles. The molecule has 0 saturated carbocycles. The highest BCUT2D eigenvalue weighted by molar-refractivity contribution is 4.92. The number of nitrogens with two attached hydrogens (primary N) is 1. The summed E-state index contributed by atoms with van der Waals surface area (Å²) in [6.45, 7) is 0.935. The molecule has 1 aromatic rings. The molecule has 14 heavy (non-hydrogen) atoms. The van der Waals surface area contributed by atoms with Crippen LogP contribution in [0.3, 0.4) is 0 Å². The summed E-state index contributed by atoms with van der Waals surface area (Å²) in [4.78, 5) is 4.10. The molecule has 0 aliphatic heterocycles. The van der Waals surface area contributed by atoms with Gasteiger partial charge in [0, 0.05) is 14.2 Å². The van der Waals surface area contributed by atoms with Gasteiger partial charge in [0.15, 0.2) is 5.82 Å². The predicted molar refractivity (Wildman–Crippen MR) is 48.7 cm³/mol. The second-order valence-electron chi connectivity index (χ2n) is 2.85. The summed E-state index contributed by atoms with van der Waals surface area (Å²) in [5, 5.41) is 3.74. The van der Waals surface area contributed by atoms with Gasteiger partial charge in [-0.1, -0.05) is 5.16 Å². The zero-order valence-corrected chi connectivity index (χ0v) is 8.40. The molecule has 1 unspecified atom stereocenters. The van der Waals surface area contributed by atoms with Gasteiger partial charge in [-0.05, 0) is 0 Å². The highest BCUT2D eigenvalue weighted by Crippen LogP contribution is 2.06. The first kappa shape index (κ1) is 11.1. The zero-order chi connectivity index (χ0) is 10.4. The molecular weight excluding hydrogens is 186 g/mol. The van der Waals surface area contributed by atoms with Crippen LogP contribution in [0.15, 0.2) is 4.52 Å². The number of nitrogens with zero attached hydrogens (tertiary/aromatic N) is 2. The van der Waals surface area contributed by atoms with E-state index in [9.17, 15) is 0 Å². The van der Waals surface area contributed by atoms with Crippen molar-refractivity contribution in [3.05, 3.63) is 11.7 Å². The Balaban J connectivity index is 2.49. The van der Waals surface area contributed by atoms with E-state index in [1.165, 1.54) is 0 Å². The minimum absolute atomic E-state index is 0.333. The van der Waals surface area contributed by atoms with E-state index < -0.39 is 0 Å². The van der Waals surface area contributed by atoms with Gasteiger partial charge in [0.25, 0.3) is 0 Å². The van der Waals surface area contributed by atoms with E-state index in [1.807, 2.05) is 0 Å². The molecule has 0 radical (unpaired) electrons. The maximum Gasteiger partial charge on any atom is 0.229 e. The number of aromatic nitrogens is 2. The molecule has 0 amide bonds. The van der Waals surface area contributed by atoms with Gasteiger partial charge >= 0.3 is 0 Å². The van der Waals surface area contributed by atoms with Crippen LogP contribution in [-0.4, -0.2) is 37.6 Å². The largest absolute Gasteiger partial charge is 0.384 e. The van der Waals surface area contributed by atoms with Gasteiger partial charge in [0.1, 0.15) is 0 Å². The SMILES string of the molecule is COCCc1nc(C(N)COC)no1. The monoisotopic (exact) mass is 201 g/mol. The van der Waals surface area contributed by atoms with E-state index in [2.05, 4.69) is 10.1 Å². The van der Waals surface area contributed by atoms with Crippen LogP contribution in [0.1, 0.15) is 17.8 Å². The molecule has 1 rings (SSSR count). The van der Waals surface area contributed by atoms with Crippen molar-refractivity contribution in [2.75, 3.05) is 27.4 Å². The predicted octanol–water partition coefficient (Wildman–Crippen LogP) is -0.0953. The Bertz CT molecular complexity index is 264. The lowest BCUT2D eigenvalue weighted by molar-refractivity contribution is 0.176. The number of hydrogen-bond donors (Lipinski definition) is 1. The van der Waals surface area contributed by atoms with Gasteiger partial charge in [-0.15, -0.1) is 0 Å². The first-order valence-corrected chi connectivity index (χ1v) is 4.34. The van der Waals surface area contributed by atoms with Crippen LogP contribution in [-0.2, 0) is 15.9 Å². The average Bonchev–Trinajstić information content (AvgIpc) is 2.63. The lowest BCUT2D eigenvalue weighted by Crippen LogP contribution is -2.17. The second kappa shape index (κ2) is 5.69. The Morgan fingerprint density at radius 1 is 1.43 bits per heavy atom. The van der Waals surface area contributed by atoms with E-state index in [0.29, 0.717) is 31.3 Å². The molecule has 0 spiro atoms. The summed E-state index contributed by atoms with van der Waals surface area (Å²) in [6.07, 6.45) is 0.600. The molecule has 0 fully saturated rings. The van der Waals surface area contributed by atoms with Crippen molar-refractivity contribution in [1.29, 1.82) is 0 Å². The first-order valence-electron chi connectivity index (χ1n) is 4.34. The van der Waals surface area contributed by atoms with E-state index in [4.69, 9.17) is 19.7 Å². The molecule has 0 aliphatic rings. The fourth-order valence-corrected chi connectivity index (χ4v) is 0.964. The van der Waals surface area contributed by atoms with Crippen molar-refractivity contribution in [3.63, 3.8) is 0 Å². The Hall–Kier alpha value is -0.980. The van der Waals surface area contributed by atoms with Gasteiger partial charge in [-0.25, -0.2) is 0 Å². The van der Waals surface area contributed by atoms with Gasteiger partial charge < -0.3 is 19.7 Å². The fourth-order valence-electron chi connectivity index (χ4n) is 0.964. The Morgan fingerprint density at radius 2 is 2.21 bits per heavy atom. The Labute approximate surface area is 82.4 Å². The van der Waals surface area contributed by atoms with Crippen molar-refractivity contribution in [1.82, 2.24) is 10.1 Å². The smallest absolute Gasteiger partial charge is 0.229 e. The lowest BCUT2D eigenvalue weighted by Gasteiger charge is -2.03. The van der Waals surface area contributed by atoms with Crippen LogP contribution in [0.25, 0.3) is 0 Å².